The predicted octanol–water partition coefficient (Wildman–Crippen LogP) is 12.2. The molecule has 4 heterocycles. The summed E-state index contributed by atoms with van der Waals surface area (Å²) in [5.41, 5.74) is 15.4. The van der Waals surface area contributed by atoms with Gasteiger partial charge in [-0.05, 0) is 135 Å². The van der Waals surface area contributed by atoms with Crippen LogP contribution >= 0.6 is 0 Å². The van der Waals surface area contributed by atoms with Crippen molar-refractivity contribution in [1.29, 1.82) is 0 Å². The lowest BCUT2D eigenvalue weighted by Gasteiger charge is -2.44. The highest BCUT2D eigenvalue weighted by atomic mass is 16.3. The first kappa shape index (κ1) is 30.1. The maximum atomic E-state index is 6.79. The fraction of sp³-hybridized carbons (Fsp3) is 0.0196. The number of aryl methyl sites for hydroxylation is 1. The zero-order valence-corrected chi connectivity index (χ0v) is 30.5. The third-order valence-corrected chi connectivity index (χ3v) is 12.2. The first-order valence-electron chi connectivity index (χ1n) is 19.3. The van der Waals surface area contributed by atoms with Crippen molar-refractivity contribution in [2.75, 3.05) is 9.80 Å². The van der Waals surface area contributed by atoms with Gasteiger partial charge in [-0.3, -0.25) is 0 Å². The largest absolute Gasteiger partial charge is 0.456 e. The minimum Gasteiger partial charge on any atom is -0.456 e. The Kier molecular flexibility index (Phi) is 5.88. The van der Waals surface area contributed by atoms with Crippen LogP contribution in [0, 0.1) is 6.92 Å². The van der Waals surface area contributed by atoms with Crippen LogP contribution in [-0.2, 0) is 0 Å². The maximum Gasteiger partial charge on any atom is 0.252 e. The molecular formula is C51H31BN2O2. The fourth-order valence-corrected chi connectivity index (χ4v) is 9.75. The van der Waals surface area contributed by atoms with Crippen molar-refractivity contribution < 1.29 is 8.83 Å². The lowest BCUT2D eigenvalue weighted by molar-refractivity contribution is 0.669. The summed E-state index contributed by atoms with van der Waals surface area (Å²) in [5.74, 6) is 0. The van der Waals surface area contributed by atoms with Crippen molar-refractivity contribution in [2.45, 2.75) is 6.92 Å². The summed E-state index contributed by atoms with van der Waals surface area (Å²) in [6.07, 6.45) is 0. The molecule has 0 fully saturated rings. The van der Waals surface area contributed by atoms with Gasteiger partial charge >= 0.3 is 0 Å². The number of para-hydroxylation sites is 2. The van der Waals surface area contributed by atoms with Crippen LogP contribution in [0.5, 0.6) is 0 Å². The smallest absolute Gasteiger partial charge is 0.252 e. The second kappa shape index (κ2) is 10.9. The molecule has 0 atom stereocenters. The van der Waals surface area contributed by atoms with Crippen LogP contribution in [0.3, 0.4) is 0 Å². The quantitative estimate of drug-likeness (QED) is 0.167. The van der Waals surface area contributed by atoms with Crippen LogP contribution in [-0.4, -0.2) is 6.71 Å². The van der Waals surface area contributed by atoms with Gasteiger partial charge in [-0.2, -0.15) is 0 Å². The molecule has 56 heavy (non-hydrogen) atoms. The summed E-state index contributed by atoms with van der Waals surface area (Å²) in [4.78, 5) is 4.94. The predicted molar refractivity (Wildman–Crippen MR) is 235 cm³/mol. The Morgan fingerprint density at radius 3 is 1.20 bits per heavy atom. The van der Waals surface area contributed by atoms with Gasteiger partial charge in [0.25, 0.3) is 6.71 Å². The summed E-state index contributed by atoms with van der Waals surface area (Å²) >= 11 is 0. The monoisotopic (exact) mass is 714 g/mol. The maximum absolute atomic E-state index is 6.79. The van der Waals surface area contributed by atoms with E-state index in [2.05, 4.69) is 187 Å². The number of anilines is 6. The van der Waals surface area contributed by atoms with E-state index in [0.717, 1.165) is 66.6 Å². The molecule has 11 aromatic rings. The van der Waals surface area contributed by atoms with Gasteiger partial charge in [0.2, 0.25) is 0 Å². The SMILES string of the molecule is Cc1cc2c3c(c1)N(c1ccccc1)c1cc4c(cc1B3c1cc3oc5cc6ccccc6cc5c3cc1N2c1ccccc1)oc1cc2ccccc2cc14. The molecule has 4 nitrogen and oxygen atoms in total. The molecule has 2 aliphatic heterocycles. The number of hydrogen-bond acceptors (Lipinski definition) is 4. The van der Waals surface area contributed by atoms with Crippen LogP contribution in [0.4, 0.5) is 34.1 Å². The lowest BCUT2D eigenvalue weighted by atomic mass is 9.33. The molecule has 0 radical (unpaired) electrons. The highest BCUT2D eigenvalue weighted by Gasteiger charge is 2.44. The second-order valence-corrected chi connectivity index (χ2v) is 15.4. The fourth-order valence-electron chi connectivity index (χ4n) is 9.75. The Labute approximate surface area is 322 Å². The van der Waals surface area contributed by atoms with Crippen molar-refractivity contribution in [3.05, 3.63) is 175 Å². The van der Waals surface area contributed by atoms with Crippen LogP contribution in [0.2, 0.25) is 0 Å². The van der Waals surface area contributed by atoms with Gasteiger partial charge < -0.3 is 18.6 Å². The highest BCUT2D eigenvalue weighted by molar-refractivity contribution is 7.00. The van der Waals surface area contributed by atoms with Gasteiger partial charge in [-0.25, -0.2) is 0 Å². The normalized spacial score (nSPS) is 13.3. The minimum absolute atomic E-state index is 0.0844. The molecule has 260 valence electrons. The first-order valence-corrected chi connectivity index (χ1v) is 19.3. The Morgan fingerprint density at radius 1 is 0.375 bits per heavy atom. The molecule has 0 saturated heterocycles. The Morgan fingerprint density at radius 2 is 0.750 bits per heavy atom. The molecule has 0 saturated carbocycles. The third kappa shape index (κ3) is 4.09. The van der Waals surface area contributed by atoms with Crippen LogP contribution in [0.15, 0.2) is 179 Å². The Hall–Kier alpha value is -7.24. The van der Waals surface area contributed by atoms with E-state index >= 15 is 0 Å². The number of benzene rings is 9. The van der Waals surface area contributed by atoms with E-state index in [1.54, 1.807) is 0 Å². The molecule has 0 aliphatic carbocycles. The number of rotatable bonds is 2. The number of hydrogen-bond donors (Lipinski definition) is 0. The van der Waals surface area contributed by atoms with Crippen LogP contribution in [0.1, 0.15) is 5.56 Å². The molecule has 0 spiro atoms. The van der Waals surface area contributed by atoms with Crippen LogP contribution < -0.4 is 26.2 Å². The van der Waals surface area contributed by atoms with Gasteiger partial charge in [0.05, 0.1) is 0 Å². The summed E-state index contributed by atoms with van der Waals surface area (Å²) in [7, 11) is 0. The molecule has 2 aliphatic rings. The van der Waals surface area contributed by atoms with Gasteiger partial charge in [-0.1, -0.05) is 84.9 Å². The number of furan rings is 2. The van der Waals surface area contributed by atoms with Gasteiger partial charge in [-0.15, -0.1) is 0 Å². The second-order valence-electron chi connectivity index (χ2n) is 15.4. The minimum atomic E-state index is -0.0844. The average molecular weight is 715 g/mol. The number of nitrogens with zero attached hydrogens (tertiary/aromatic N) is 2. The molecule has 9 aromatic carbocycles. The molecule has 13 rings (SSSR count). The third-order valence-electron chi connectivity index (χ3n) is 12.2. The Balaban J connectivity index is 1.17. The van der Waals surface area contributed by atoms with Gasteiger partial charge in [0.15, 0.2) is 0 Å². The van der Waals surface area contributed by atoms with Crippen molar-refractivity contribution in [1.82, 2.24) is 0 Å². The van der Waals surface area contributed by atoms with E-state index in [1.165, 1.54) is 54.9 Å². The molecule has 0 N–H and O–H groups in total. The summed E-state index contributed by atoms with van der Waals surface area (Å²) in [6, 6.07) is 61.7. The molecular weight excluding hydrogens is 683 g/mol. The average Bonchev–Trinajstić information content (AvgIpc) is 3.76. The van der Waals surface area contributed by atoms with E-state index < -0.39 is 0 Å². The van der Waals surface area contributed by atoms with Gasteiger partial charge in [0, 0.05) is 55.7 Å². The number of fused-ring (bicyclic) bond motifs is 12. The first-order chi connectivity index (χ1) is 27.6. The van der Waals surface area contributed by atoms with Crippen molar-refractivity contribution in [3.63, 3.8) is 0 Å². The topological polar surface area (TPSA) is 32.8 Å². The van der Waals surface area contributed by atoms with E-state index in [0.29, 0.717) is 0 Å². The van der Waals surface area contributed by atoms with E-state index in [9.17, 15) is 0 Å². The molecule has 2 aromatic heterocycles. The molecule has 5 heteroatoms. The van der Waals surface area contributed by atoms with Gasteiger partial charge in [0.1, 0.15) is 22.3 Å². The van der Waals surface area contributed by atoms with Crippen molar-refractivity contribution in [2.24, 2.45) is 0 Å². The molecule has 0 bridgehead atoms. The zero-order chi connectivity index (χ0) is 36.6. The highest BCUT2D eigenvalue weighted by Crippen LogP contribution is 2.47. The molecule has 0 unspecified atom stereocenters. The standard InChI is InChI=1S/C51H31BN2O2/c1-30-20-45-51-46(21-30)54(36-18-6-3-7-19-36)44-27-40-38-23-32-13-9-11-15-34(32)25-48(38)56-50(40)29-42(44)52(51)41-28-49-39(26-43(41)53(45)35-16-4-2-5-17-35)37-22-31-12-8-10-14-33(31)24-47(37)55-49/h2-29H,1H3. The summed E-state index contributed by atoms with van der Waals surface area (Å²) in [6.45, 7) is 2.14. The van der Waals surface area contributed by atoms with Crippen molar-refractivity contribution in [3.8, 4) is 0 Å². The summed E-state index contributed by atoms with van der Waals surface area (Å²) in [5, 5.41) is 9.24. The lowest BCUT2D eigenvalue weighted by Crippen LogP contribution is -2.61. The molecule has 0 amide bonds. The Bertz CT molecular complexity index is 3230. The van der Waals surface area contributed by atoms with E-state index in [1.807, 2.05) is 0 Å². The summed E-state index contributed by atoms with van der Waals surface area (Å²) < 4.78 is 13.6. The van der Waals surface area contributed by atoms with E-state index in [-0.39, 0.29) is 6.71 Å². The van der Waals surface area contributed by atoms with E-state index in [4.69, 9.17) is 8.83 Å². The van der Waals surface area contributed by atoms with Crippen molar-refractivity contribution >= 4 is 123 Å². The zero-order valence-electron chi connectivity index (χ0n) is 30.5. The van der Waals surface area contributed by atoms with Crippen LogP contribution in [0.25, 0.3) is 65.4 Å².